The van der Waals surface area contributed by atoms with Gasteiger partial charge in [0.25, 0.3) is 0 Å². The van der Waals surface area contributed by atoms with Crippen molar-refractivity contribution < 1.29 is 9.84 Å². The minimum Gasteiger partial charge on any atom is -0.396 e. The average molecular weight is 167 g/mol. The van der Waals surface area contributed by atoms with Crippen molar-refractivity contribution in [1.29, 1.82) is 0 Å². The van der Waals surface area contributed by atoms with Crippen molar-refractivity contribution in [3.05, 3.63) is 0 Å². The average Bonchev–Trinajstić information content (AvgIpc) is 1.97. The maximum Gasteiger partial charge on any atom is 0.0487 e. The Morgan fingerprint density at radius 1 is 1.10 bits per heavy atom. The molecule has 1 N–H and O–H groups in total. The van der Waals surface area contributed by atoms with Gasteiger partial charge in [-0.2, -0.15) is 0 Å². The third-order valence-electron chi connectivity index (χ3n) is 1.12. The Labute approximate surface area is 67.1 Å². The molecule has 0 aliphatic carbocycles. The van der Waals surface area contributed by atoms with Crippen LogP contribution in [0.2, 0.25) is 0 Å². The Morgan fingerprint density at radius 3 is 2.40 bits per heavy atom. The molecule has 0 aromatic rings. The minimum absolute atomic E-state index is 0.218. The first-order valence-electron chi connectivity index (χ1n) is 3.66. The van der Waals surface area contributed by atoms with Gasteiger partial charge in [0.1, 0.15) is 0 Å². The molecule has 2 nitrogen and oxygen atoms in total. The van der Waals surface area contributed by atoms with Crippen LogP contribution in [0.1, 0.15) is 19.3 Å². The molecule has 0 amide bonds. The predicted octanol–water partition coefficient (Wildman–Crippen LogP) is 1.40. The van der Waals surface area contributed by atoms with Crippen molar-refractivity contribution in [2.45, 2.75) is 19.3 Å². The van der Waals surface area contributed by atoms with E-state index >= 15 is 0 Å². The quantitative estimate of drug-likeness (QED) is 0.458. The molecule has 0 rings (SSSR count). The molecule has 0 radical (unpaired) electrons. The Kier molecular flexibility index (Phi) is 9.40. The van der Waals surface area contributed by atoms with E-state index in [-0.39, 0.29) is 6.61 Å². The normalized spacial score (nSPS) is 10.2. The van der Waals surface area contributed by atoms with Gasteiger partial charge in [-0.3, -0.25) is 0 Å². The van der Waals surface area contributed by atoms with Gasteiger partial charge in [-0.1, -0.05) is 0 Å². The van der Waals surface area contributed by atoms with Crippen molar-refractivity contribution in [3.63, 3.8) is 0 Å². The fourth-order valence-electron chi connectivity index (χ4n) is 0.567. The summed E-state index contributed by atoms with van der Waals surface area (Å²) in [6.07, 6.45) is 2.77. The molecule has 0 saturated carbocycles. The van der Waals surface area contributed by atoms with Gasteiger partial charge in [-0.05, 0) is 19.3 Å². The topological polar surface area (TPSA) is 29.5 Å². The fraction of sp³-hybridized carbons (Fsp3) is 1.00. The first-order chi connectivity index (χ1) is 4.91. The number of halogens is 1. The second-order valence-electron chi connectivity index (χ2n) is 2.09. The van der Waals surface area contributed by atoms with Gasteiger partial charge in [0.15, 0.2) is 0 Å². The summed E-state index contributed by atoms with van der Waals surface area (Å²) < 4.78 is 5.16. The van der Waals surface area contributed by atoms with Gasteiger partial charge in [0.2, 0.25) is 0 Å². The number of alkyl halides is 1. The minimum atomic E-state index is 0.218. The van der Waals surface area contributed by atoms with Gasteiger partial charge in [0, 0.05) is 25.7 Å². The molecular weight excluding hydrogens is 152 g/mol. The summed E-state index contributed by atoms with van der Waals surface area (Å²) in [6.45, 7) is 1.65. The number of hydrogen-bond donors (Lipinski definition) is 1. The third kappa shape index (κ3) is 8.21. The zero-order valence-electron chi connectivity index (χ0n) is 6.18. The van der Waals surface area contributed by atoms with Gasteiger partial charge >= 0.3 is 0 Å². The van der Waals surface area contributed by atoms with E-state index in [1.165, 1.54) is 0 Å². The molecule has 0 fully saturated rings. The number of aliphatic hydroxyl groups excluding tert-OH is 1. The van der Waals surface area contributed by atoms with Gasteiger partial charge < -0.3 is 9.84 Å². The second kappa shape index (κ2) is 9.21. The summed E-state index contributed by atoms with van der Waals surface area (Å²) in [7, 11) is 0. The van der Waals surface area contributed by atoms with E-state index in [9.17, 15) is 0 Å². The number of ether oxygens (including phenoxy) is 1. The largest absolute Gasteiger partial charge is 0.396 e. The van der Waals surface area contributed by atoms with Crippen LogP contribution in [0.25, 0.3) is 0 Å². The lowest BCUT2D eigenvalue weighted by molar-refractivity contribution is 0.114. The number of rotatable bonds is 7. The molecular formula is C7H15ClO2. The van der Waals surface area contributed by atoms with Crippen LogP contribution in [0.3, 0.4) is 0 Å². The number of hydrogen-bond acceptors (Lipinski definition) is 2. The van der Waals surface area contributed by atoms with Gasteiger partial charge in [-0.15, -0.1) is 11.6 Å². The van der Waals surface area contributed by atoms with E-state index in [0.717, 1.165) is 25.9 Å². The predicted molar refractivity (Wildman–Crippen MR) is 42.5 cm³/mol. The van der Waals surface area contributed by atoms with Crippen LogP contribution in [0.5, 0.6) is 0 Å². The third-order valence-corrected chi connectivity index (χ3v) is 1.39. The zero-order valence-corrected chi connectivity index (χ0v) is 6.94. The molecule has 10 heavy (non-hydrogen) atoms. The molecule has 0 aromatic heterocycles. The summed E-state index contributed by atoms with van der Waals surface area (Å²) in [4.78, 5) is 0. The van der Waals surface area contributed by atoms with Crippen LogP contribution in [0.15, 0.2) is 0 Å². The Bertz CT molecular complexity index is 51.6. The molecule has 0 aliphatic rings. The Balaban J connectivity index is 2.65. The van der Waals surface area contributed by atoms with Crippen molar-refractivity contribution in [3.8, 4) is 0 Å². The van der Waals surface area contributed by atoms with Crippen LogP contribution in [-0.4, -0.2) is 30.8 Å². The molecule has 3 heteroatoms. The van der Waals surface area contributed by atoms with Crippen molar-refractivity contribution in [2.75, 3.05) is 25.7 Å². The number of unbranched alkanes of at least 4 members (excludes halogenated alkanes) is 1. The lowest BCUT2D eigenvalue weighted by atomic mass is 10.3. The molecule has 0 bridgehead atoms. The zero-order chi connectivity index (χ0) is 7.66. The van der Waals surface area contributed by atoms with Gasteiger partial charge in [-0.25, -0.2) is 0 Å². The monoisotopic (exact) mass is 166 g/mol. The van der Waals surface area contributed by atoms with Crippen molar-refractivity contribution >= 4 is 11.6 Å². The summed E-state index contributed by atoms with van der Waals surface area (Å²) >= 11 is 5.45. The highest BCUT2D eigenvalue weighted by molar-refractivity contribution is 6.17. The summed E-state index contributed by atoms with van der Waals surface area (Å²) in [5.74, 6) is 0.712. The van der Waals surface area contributed by atoms with Crippen LogP contribution < -0.4 is 0 Å². The highest BCUT2D eigenvalue weighted by Gasteiger charge is 1.87. The highest BCUT2D eigenvalue weighted by Crippen LogP contribution is 1.92. The van der Waals surface area contributed by atoms with E-state index < -0.39 is 0 Å². The van der Waals surface area contributed by atoms with E-state index in [1.807, 2.05) is 0 Å². The van der Waals surface area contributed by atoms with E-state index in [1.54, 1.807) is 0 Å². The molecule has 0 spiro atoms. The lowest BCUT2D eigenvalue weighted by Crippen LogP contribution is -1.98. The molecule has 0 aliphatic heterocycles. The van der Waals surface area contributed by atoms with E-state index in [4.69, 9.17) is 21.4 Å². The molecule has 0 saturated heterocycles. The Hall–Kier alpha value is 0.210. The summed E-state index contributed by atoms with van der Waals surface area (Å²) in [5, 5.41) is 8.37. The van der Waals surface area contributed by atoms with Crippen molar-refractivity contribution in [1.82, 2.24) is 0 Å². The molecule has 0 atom stereocenters. The highest BCUT2D eigenvalue weighted by atomic mass is 35.5. The lowest BCUT2D eigenvalue weighted by Gasteiger charge is -2.00. The molecule has 0 heterocycles. The Morgan fingerprint density at radius 2 is 1.80 bits per heavy atom. The second-order valence-corrected chi connectivity index (χ2v) is 2.46. The standard InChI is InChI=1S/C7H15ClO2/c8-4-1-2-6-10-7-3-5-9/h9H,1-7H2. The molecule has 62 valence electrons. The van der Waals surface area contributed by atoms with Crippen molar-refractivity contribution in [2.24, 2.45) is 0 Å². The SMILES string of the molecule is OCCCOCCCCCl. The summed E-state index contributed by atoms with van der Waals surface area (Å²) in [6, 6.07) is 0. The van der Waals surface area contributed by atoms with Gasteiger partial charge in [0.05, 0.1) is 0 Å². The smallest absolute Gasteiger partial charge is 0.0487 e. The van der Waals surface area contributed by atoms with E-state index in [0.29, 0.717) is 12.5 Å². The van der Waals surface area contributed by atoms with Crippen LogP contribution >= 0.6 is 11.6 Å². The molecule has 0 aromatic carbocycles. The van der Waals surface area contributed by atoms with Crippen LogP contribution in [0.4, 0.5) is 0 Å². The van der Waals surface area contributed by atoms with Crippen LogP contribution in [-0.2, 0) is 4.74 Å². The number of aliphatic hydroxyl groups is 1. The van der Waals surface area contributed by atoms with Crippen LogP contribution in [0, 0.1) is 0 Å². The maximum atomic E-state index is 8.37. The van der Waals surface area contributed by atoms with E-state index in [2.05, 4.69) is 0 Å². The molecule has 0 unspecified atom stereocenters. The first-order valence-corrected chi connectivity index (χ1v) is 4.20. The maximum absolute atomic E-state index is 8.37. The fourth-order valence-corrected chi connectivity index (χ4v) is 0.756. The summed E-state index contributed by atoms with van der Waals surface area (Å²) in [5.41, 5.74) is 0. The first kappa shape index (κ1) is 10.2.